The maximum atomic E-state index is 11.6. The Morgan fingerprint density at radius 2 is 1.35 bits per heavy atom. The second-order valence-corrected chi connectivity index (χ2v) is 7.47. The second kappa shape index (κ2) is 4.72. The van der Waals surface area contributed by atoms with Crippen LogP contribution in [0.25, 0.3) is 0 Å². The molecule has 0 aliphatic heterocycles. The van der Waals surface area contributed by atoms with Gasteiger partial charge in [0.05, 0.1) is 0 Å². The van der Waals surface area contributed by atoms with Crippen LogP contribution in [0.5, 0.6) is 0 Å². The van der Waals surface area contributed by atoms with Crippen LogP contribution in [-0.2, 0) is 30.5 Å². The van der Waals surface area contributed by atoms with Crippen LogP contribution in [0.3, 0.4) is 0 Å². The standard InChI is InChI=1S/C19H24O/c1-12-2-4-13(5-3-12)14-6-15-8-17-10-19(20)11-18(17)9-16(15)7-14/h8-9,12-14H,2-7,10-11H2,1H3. The molecule has 0 bridgehead atoms. The van der Waals surface area contributed by atoms with Gasteiger partial charge < -0.3 is 0 Å². The first-order valence-electron chi connectivity index (χ1n) is 8.34. The second-order valence-electron chi connectivity index (χ2n) is 7.47. The predicted molar refractivity (Wildman–Crippen MR) is 80.9 cm³/mol. The van der Waals surface area contributed by atoms with Gasteiger partial charge >= 0.3 is 0 Å². The summed E-state index contributed by atoms with van der Waals surface area (Å²) in [6, 6.07) is 4.72. The largest absolute Gasteiger partial charge is 0.299 e. The van der Waals surface area contributed by atoms with Gasteiger partial charge in [-0.15, -0.1) is 0 Å². The molecule has 0 amide bonds. The lowest BCUT2D eigenvalue weighted by atomic mass is 9.75. The maximum absolute atomic E-state index is 11.6. The van der Waals surface area contributed by atoms with Gasteiger partial charge in [-0.25, -0.2) is 0 Å². The molecule has 0 atom stereocenters. The SMILES string of the molecule is CC1CCC(C2Cc3cc4c(cc3C2)CC(=O)C4)CC1. The third-order valence-corrected chi connectivity index (χ3v) is 5.99. The lowest BCUT2D eigenvalue weighted by Gasteiger charge is -2.30. The Kier molecular flexibility index (Phi) is 2.98. The smallest absolute Gasteiger partial charge is 0.141 e. The van der Waals surface area contributed by atoms with Crippen molar-refractivity contribution in [3.63, 3.8) is 0 Å². The molecule has 1 nitrogen and oxygen atoms in total. The fraction of sp³-hybridized carbons (Fsp3) is 0.632. The van der Waals surface area contributed by atoms with Crippen molar-refractivity contribution in [2.45, 2.75) is 58.3 Å². The molecule has 0 radical (unpaired) electrons. The minimum absolute atomic E-state index is 0.404. The molecule has 0 saturated heterocycles. The summed E-state index contributed by atoms with van der Waals surface area (Å²) in [5.41, 5.74) is 5.77. The summed E-state index contributed by atoms with van der Waals surface area (Å²) < 4.78 is 0. The number of hydrogen-bond donors (Lipinski definition) is 0. The third-order valence-electron chi connectivity index (χ3n) is 5.99. The van der Waals surface area contributed by atoms with Gasteiger partial charge in [0.25, 0.3) is 0 Å². The highest BCUT2D eigenvalue weighted by molar-refractivity contribution is 5.88. The van der Waals surface area contributed by atoms with E-state index < -0.39 is 0 Å². The summed E-state index contributed by atoms with van der Waals surface area (Å²) in [5.74, 6) is 3.19. The van der Waals surface area contributed by atoms with E-state index in [4.69, 9.17) is 0 Å². The van der Waals surface area contributed by atoms with Crippen LogP contribution in [0.1, 0.15) is 54.9 Å². The van der Waals surface area contributed by atoms with E-state index in [0.29, 0.717) is 18.6 Å². The molecule has 1 aromatic rings. The molecule has 1 heteroatoms. The molecular weight excluding hydrogens is 244 g/mol. The first-order valence-corrected chi connectivity index (χ1v) is 8.34. The van der Waals surface area contributed by atoms with Crippen molar-refractivity contribution in [2.75, 3.05) is 0 Å². The summed E-state index contributed by atoms with van der Waals surface area (Å²) in [4.78, 5) is 11.6. The number of benzene rings is 1. The highest BCUT2D eigenvalue weighted by Crippen LogP contribution is 2.41. The number of carbonyl (C=O) groups excluding carboxylic acids is 1. The Balaban J connectivity index is 1.52. The lowest BCUT2D eigenvalue weighted by molar-refractivity contribution is -0.117. The van der Waals surface area contributed by atoms with Gasteiger partial charge in [0.2, 0.25) is 0 Å². The normalized spacial score (nSPS) is 29.6. The van der Waals surface area contributed by atoms with Gasteiger partial charge in [0, 0.05) is 12.8 Å². The zero-order valence-corrected chi connectivity index (χ0v) is 12.5. The molecule has 1 fully saturated rings. The first kappa shape index (κ1) is 12.6. The van der Waals surface area contributed by atoms with Gasteiger partial charge in [-0.2, -0.15) is 0 Å². The topological polar surface area (TPSA) is 17.1 Å². The van der Waals surface area contributed by atoms with Gasteiger partial charge in [-0.05, 0) is 65.7 Å². The predicted octanol–water partition coefficient (Wildman–Crippen LogP) is 3.90. The van der Waals surface area contributed by atoms with Gasteiger partial charge in [0.1, 0.15) is 5.78 Å². The van der Waals surface area contributed by atoms with Crippen LogP contribution in [0, 0.1) is 17.8 Å². The van der Waals surface area contributed by atoms with E-state index in [1.165, 1.54) is 49.7 Å². The Bertz CT molecular complexity index is 512. The van der Waals surface area contributed by atoms with Crippen molar-refractivity contribution in [3.05, 3.63) is 34.4 Å². The number of ketones is 1. The van der Waals surface area contributed by atoms with Gasteiger partial charge in [-0.1, -0.05) is 31.9 Å². The molecule has 4 rings (SSSR count). The number of fused-ring (bicyclic) bond motifs is 2. The molecule has 1 saturated carbocycles. The van der Waals surface area contributed by atoms with Crippen molar-refractivity contribution in [3.8, 4) is 0 Å². The molecule has 0 N–H and O–H groups in total. The molecule has 0 aromatic heterocycles. The highest BCUT2D eigenvalue weighted by atomic mass is 16.1. The van der Waals surface area contributed by atoms with E-state index in [2.05, 4.69) is 19.1 Å². The van der Waals surface area contributed by atoms with E-state index in [1.807, 2.05) is 0 Å². The average molecular weight is 268 g/mol. The van der Waals surface area contributed by atoms with Crippen LogP contribution in [0.4, 0.5) is 0 Å². The van der Waals surface area contributed by atoms with Crippen LogP contribution in [-0.4, -0.2) is 5.78 Å². The minimum atomic E-state index is 0.404. The molecule has 0 heterocycles. The maximum Gasteiger partial charge on any atom is 0.141 e. The van der Waals surface area contributed by atoms with E-state index in [-0.39, 0.29) is 0 Å². The summed E-state index contributed by atoms with van der Waals surface area (Å²) in [5, 5.41) is 0. The summed E-state index contributed by atoms with van der Waals surface area (Å²) in [6.45, 7) is 2.40. The van der Waals surface area contributed by atoms with Crippen molar-refractivity contribution >= 4 is 5.78 Å². The van der Waals surface area contributed by atoms with E-state index in [9.17, 15) is 4.79 Å². The Morgan fingerprint density at radius 3 is 1.90 bits per heavy atom. The van der Waals surface area contributed by atoms with E-state index in [1.54, 1.807) is 11.1 Å². The first-order chi connectivity index (χ1) is 9.69. The van der Waals surface area contributed by atoms with Gasteiger partial charge in [-0.3, -0.25) is 4.79 Å². The van der Waals surface area contributed by atoms with Crippen molar-refractivity contribution in [1.82, 2.24) is 0 Å². The summed E-state index contributed by atoms with van der Waals surface area (Å²) in [7, 11) is 0. The van der Waals surface area contributed by atoms with Crippen molar-refractivity contribution in [2.24, 2.45) is 17.8 Å². The molecule has 3 aliphatic carbocycles. The zero-order valence-electron chi connectivity index (χ0n) is 12.5. The average Bonchev–Trinajstić information content (AvgIpc) is 2.97. The number of Topliss-reactive ketones (excluding diaryl/α,β-unsaturated/α-hetero) is 1. The van der Waals surface area contributed by atoms with Crippen LogP contribution >= 0.6 is 0 Å². The van der Waals surface area contributed by atoms with E-state index >= 15 is 0 Å². The van der Waals surface area contributed by atoms with Crippen molar-refractivity contribution in [1.29, 1.82) is 0 Å². The number of rotatable bonds is 1. The molecule has 0 unspecified atom stereocenters. The molecule has 20 heavy (non-hydrogen) atoms. The minimum Gasteiger partial charge on any atom is -0.299 e. The number of hydrogen-bond acceptors (Lipinski definition) is 1. The monoisotopic (exact) mass is 268 g/mol. The summed E-state index contributed by atoms with van der Waals surface area (Å²) >= 11 is 0. The summed E-state index contributed by atoms with van der Waals surface area (Å²) in [6.07, 6.45) is 9.68. The molecule has 3 aliphatic rings. The van der Waals surface area contributed by atoms with E-state index in [0.717, 1.165) is 17.8 Å². The Morgan fingerprint density at radius 1 is 0.800 bits per heavy atom. The molecule has 106 valence electrons. The third kappa shape index (κ3) is 2.12. The van der Waals surface area contributed by atoms with Crippen LogP contribution in [0.2, 0.25) is 0 Å². The highest BCUT2D eigenvalue weighted by Gasteiger charge is 2.32. The van der Waals surface area contributed by atoms with Gasteiger partial charge in [0.15, 0.2) is 0 Å². The fourth-order valence-corrected chi connectivity index (χ4v) is 4.72. The van der Waals surface area contributed by atoms with Crippen LogP contribution in [0.15, 0.2) is 12.1 Å². The molecule has 0 spiro atoms. The lowest BCUT2D eigenvalue weighted by Crippen LogP contribution is -2.21. The van der Waals surface area contributed by atoms with Crippen LogP contribution < -0.4 is 0 Å². The fourth-order valence-electron chi connectivity index (χ4n) is 4.72. The Hall–Kier alpha value is -1.11. The molecular formula is C19H24O. The Labute approximate surface area is 121 Å². The molecule has 1 aromatic carbocycles. The van der Waals surface area contributed by atoms with Crippen molar-refractivity contribution < 1.29 is 4.79 Å². The quantitative estimate of drug-likeness (QED) is 0.755. The number of carbonyl (C=O) groups is 1. The zero-order chi connectivity index (χ0) is 13.7.